The highest BCUT2D eigenvalue weighted by Gasteiger charge is 2.19. The van der Waals surface area contributed by atoms with E-state index in [-0.39, 0.29) is 4.34 Å². The van der Waals surface area contributed by atoms with Crippen molar-refractivity contribution in [1.29, 1.82) is 0 Å². The van der Waals surface area contributed by atoms with Crippen molar-refractivity contribution in [1.82, 2.24) is 14.6 Å². The topological polar surface area (TPSA) is 90.3 Å². The zero-order valence-corrected chi connectivity index (χ0v) is 11.6. The smallest absolute Gasteiger partial charge is 0.223 e. The standard InChI is InChI=1S/C11H10N4O2S2/c1-7-9(8-5-3-2-4-6-8)13-10-15(7)14-11(18-10)19(12,16)17/h2-6H,1H3,(H2,12,16,17). The molecule has 98 valence electrons. The summed E-state index contributed by atoms with van der Waals surface area (Å²) >= 11 is 0.962. The molecule has 8 heteroatoms. The van der Waals surface area contributed by atoms with Crippen molar-refractivity contribution in [2.45, 2.75) is 11.3 Å². The summed E-state index contributed by atoms with van der Waals surface area (Å²) in [6.45, 7) is 1.84. The van der Waals surface area contributed by atoms with Gasteiger partial charge in [-0.15, -0.1) is 5.10 Å². The minimum atomic E-state index is -3.78. The molecule has 0 radical (unpaired) electrons. The van der Waals surface area contributed by atoms with Gasteiger partial charge in [-0.05, 0) is 6.92 Å². The van der Waals surface area contributed by atoms with E-state index in [0.29, 0.717) is 4.96 Å². The molecule has 0 amide bonds. The Morgan fingerprint density at radius 2 is 1.95 bits per heavy atom. The molecule has 0 fully saturated rings. The van der Waals surface area contributed by atoms with Crippen LogP contribution in [0, 0.1) is 6.92 Å². The zero-order valence-electron chi connectivity index (χ0n) is 9.94. The molecule has 2 N–H and O–H groups in total. The molecule has 1 aromatic carbocycles. The average Bonchev–Trinajstić information content (AvgIpc) is 2.90. The lowest BCUT2D eigenvalue weighted by atomic mass is 10.1. The van der Waals surface area contributed by atoms with Crippen LogP contribution in [-0.4, -0.2) is 23.0 Å². The molecular weight excluding hydrogens is 284 g/mol. The summed E-state index contributed by atoms with van der Waals surface area (Å²) in [5.74, 6) is 0. The molecule has 0 bridgehead atoms. The van der Waals surface area contributed by atoms with Crippen LogP contribution in [0.2, 0.25) is 0 Å². The summed E-state index contributed by atoms with van der Waals surface area (Å²) in [6.07, 6.45) is 0. The molecule has 0 spiro atoms. The van der Waals surface area contributed by atoms with E-state index < -0.39 is 10.0 Å². The first kappa shape index (κ1) is 12.3. The van der Waals surface area contributed by atoms with E-state index in [0.717, 1.165) is 28.3 Å². The third kappa shape index (κ3) is 2.03. The van der Waals surface area contributed by atoms with E-state index in [9.17, 15) is 8.42 Å². The van der Waals surface area contributed by atoms with Crippen LogP contribution in [0.5, 0.6) is 0 Å². The number of sulfonamides is 1. The van der Waals surface area contributed by atoms with Gasteiger partial charge in [-0.1, -0.05) is 41.7 Å². The van der Waals surface area contributed by atoms with Gasteiger partial charge in [0.25, 0.3) is 10.0 Å². The van der Waals surface area contributed by atoms with Gasteiger partial charge in [0, 0.05) is 5.56 Å². The molecule has 0 aliphatic carbocycles. The highest BCUT2D eigenvalue weighted by molar-refractivity contribution is 7.91. The predicted molar refractivity (Wildman–Crippen MR) is 72.4 cm³/mol. The minimum Gasteiger partial charge on any atom is -0.223 e. The highest BCUT2D eigenvalue weighted by atomic mass is 32.2. The summed E-state index contributed by atoms with van der Waals surface area (Å²) in [5, 5.41) is 9.05. The number of rotatable bonds is 2. The lowest BCUT2D eigenvalue weighted by Gasteiger charge is -1.97. The van der Waals surface area contributed by atoms with Gasteiger partial charge in [0.15, 0.2) is 0 Å². The minimum absolute atomic E-state index is 0.127. The number of primary sulfonamides is 1. The monoisotopic (exact) mass is 294 g/mol. The molecule has 0 atom stereocenters. The number of aryl methyl sites for hydroxylation is 1. The molecule has 19 heavy (non-hydrogen) atoms. The number of imidazole rings is 1. The molecule has 0 saturated carbocycles. The van der Waals surface area contributed by atoms with Crippen LogP contribution in [0.4, 0.5) is 0 Å². The fraction of sp³-hybridized carbons (Fsp3) is 0.0909. The molecule has 0 unspecified atom stereocenters. The molecule has 2 heterocycles. The van der Waals surface area contributed by atoms with Crippen molar-refractivity contribution in [3.05, 3.63) is 36.0 Å². The van der Waals surface area contributed by atoms with E-state index in [2.05, 4.69) is 10.1 Å². The Morgan fingerprint density at radius 3 is 2.53 bits per heavy atom. The Hall–Kier alpha value is -1.77. The van der Waals surface area contributed by atoms with Crippen molar-refractivity contribution in [2.75, 3.05) is 0 Å². The van der Waals surface area contributed by atoms with Crippen molar-refractivity contribution >= 4 is 26.3 Å². The van der Waals surface area contributed by atoms with Gasteiger partial charge in [0.05, 0.1) is 11.4 Å². The van der Waals surface area contributed by atoms with Crippen LogP contribution in [0.15, 0.2) is 34.7 Å². The van der Waals surface area contributed by atoms with Gasteiger partial charge in [0.2, 0.25) is 9.30 Å². The van der Waals surface area contributed by atoms with Gasteiger partial charge >= 0.3 is 0 Å². The lowest BCUT2D eigenvalue weighted by Crippen LogP contribution is -2.12. The molecule has 0 aliphatic rings. The van der Waals surface area contributed by atoms with Gasteiger partial charge in [-0.3, -0.25) is 0 Å². The van der Waals surface area contributed by atoms with E-state index in [4.69, 9.17) is 5.14 Å². The molecule has 6 nitrogen and oxygen atoms in total. The van der Waals surface area contributed by atoms with E-state index in [1.54, 1.807) is 0 Å². The number of fused-ring (bicyclic) bond motifs is 1. The van der Waals surface area contributed by atoms with E-state index in [1.165, 1.54) is 4.52 Å². The first-order chi connectivity index (χ1) is 8.97. The number of aromatic nitrogens is 3. The largest absolute Gasteiger partial charge is 0.267 e. The maximum atomic E-state index is 11.3. The highest BCUT2D eigenvalue weighted by Crippen LogP contribution is 2.27. The predicted octanol–water partition coefficient (Wildman–Crippen LogP) is 1.41. The summed E-state index contributed by atoms with van der Waals surface area (Å²) in [4.78, 5) is 4.93. The van der Waals surface area contributed by atoms with Crippen molar-refractivity contribution in [3.63, 3.8) is 0 Å². The number of hydrogen-bond acceptors (Lipinski definition) is 5. The summed E-state index contributed by atoms with van der Waals surface area (Å²) in [6, 6.07) is 9.66. The van der Waals surface area contributed by atoms with Crippen LogP contribution >= 0.6 is 11.3 Å². The third-order valence-corrected chi connectivity index (χ3v) is 4.92. The fourth-order valence-corrected chi connectivity index (χ4v) is 3.38. The third-order valence-electron chi connectivity index (χ3n) is 2.70. The van der Waals surface area contributed by atoms with Crippen LogP contribution in [-0.2, 0) is 10.0 Å². The van der Waals surface area contributed by atoms with Gasteiger partial charge in [0.1, 0.15) is 0 Å². The van der Waals surface area contributed by atoms with Crippen LogP contribution in [0.1, 0.15) is 5.69 Å². The summed E-state index contributed by atoms with van der Waals surface area (Å²) < 4.78 is 23.9. The Bertz CT molecular complexity index is 850. The molecule has 3 aromatic rings. The van der Waals surface area contributed by atoms with Gasteiger partial charge in [-0.25, -0.2) is 23.1 Å². The molecule has 3 rings (SSSR count). The van der Waals surface area contributed by atoms with Crippen molar-refractivity contribution < 1.29 is 8.42 Å². The van der Waals surface area contributed by atoms with Crippen molar-refractivity contribution in [3.8, 4) is 11.3 Å². The second kappa shape index (κ2) is 4.12. The SMILES string of the molecule is Cc1c(-c2ccccc2)nc2sc(S(N)(=O)=O)nn12. The summed E-state index contributed by atoms with van der Waals surface area (Å²) in [7, 11) is -3.78. The Labute approximate surface area is 113 Å². The Kier molecular flexibility index (Phi) is 2.66. The second-order valence-electron chi connectivity index (χ2n) is 4.02. The fourth-order valence-electron chi connectivity index (χ4n) is 1.82. The second-order valence-corrected chi connectivity index (χ2v) is 6.71. The molecular formula is C11H10N4O2S2. The van der Waals surface area contributed by atoms with Crippen LogP contribution < -0.4 is 5.14 Å². The number of hydrogen-bond donors (Lipinski definition) is 1. The Morgan fingerprint density at radius 1 is 1.26 bits per heavy atom. The van der Waals surface area contributed by atoms with Crippen LogP contribution in [0.3, 0.4) is 0 Å². The van der Waals surface area contributed by atoms with E-state index >= 15 is 0 Å². The number of nitrogens with two attached hydrogens (primary N) is 1. The first-order valence-electron chi connectivity index (χ1n) is 5.41. The number of nitrogens with zero attached hydrogens (tertiary/aromatic N) is 3. The maximum Gasteiger partial charge on any atom is 0.267 e. The molecule has 0 aliphatic heterocycles. The van der Waals surface area contributed by atoms with Gasteiger partial charge < -0.3 is 0 Å². The summed E-state index contributed by atoms with van der Waals surface area (Å²) in [5.41, 5.74) is 2.54. The average molecular weight is 294 g/mol. The first-order valence-corrected chi connectivity index (χ1v) is 7.77. The molecule has 2 aromatic heterocycles. The zero-order chi connectivity index (χ0) is 13.6. The number of benzene rings is 1. The van der Waals surface area contributed by atoms with Gasteiger partial charge in [-0.2, -0.15) is 0 Å². The van der Waals surface area contributed by atoms with E-state index in [1.807, 2.05) is 37.3 Å². The molecule has 0 saturated heterocycles. The van der Waals surface area contributed by atoms with Crippen LogP contribution in [0.25, 0.3) is 16.2 Å². The normalized spacial score (nSPS) is 12.1. The quantitative estimate of drug-likeness (QED) is 0.773. The van der Waals surface area contributed by atoms with Crippen molar-refractivity contribution in [2.24, 2.45) is 5.14 Å². The Balaban J connectivity index is 2.21. The lowest BCUT2D eigenvalue weighted by molar-refractivity contribution is 0.594. The maximum absolute atomic E-state index is 11.3.